The fourth-order valence-corrected chi connectivity index (χ4v) is 5.75. The van der Waals surface area contributed by atoms with E-state index in [1.165, 1.54) is 4.90 Å². The number of benzene rings is 2. The molecule has 1 aliphatic heterocycles. The van der Waals surface area contributed by atoms with Crippen molar-refractivity contribution in [3.63, 3.8) is 0 Å². The molecule has 2 saturated carbocycles. The van der Waals surface area contributed by atoms with Gasteiger partial charge in [-0.2, -0.15) is 0 Å². The van der Waals surface area contributed by atoms with Crippen molar-refractivity contribution >= 4 is 23.4 Å². The Kier molecular flexibility index (Phi) is 4.03. The molecule has 2 aromatic rings. The maximum atomic E-state index is 13.0. The van der Waals surface area contributed by atoms with Gasteiger partial charge >= 0.3 is 0 Å². The summed E-state index contributed by atoms with van der Waals surface area (Å²) in [7, 11) is 0. The number of nitrogens with one attached hydrogen (secondary N) is 1. The molecule has 6 nitrogen and oxygen atoms in total. The van der Waals surface area contributed by atoms with Crippen LogP contribution >= 0.6 is 0 Å². The summed E-state index contributed by atoms with van der Waals surface area (Å²) < 4.78 is 5.75. The first-order chi connectivity index (χ1) is 15.1. The smallest absolute Gasteiger partial charge is 0.244 e. The molecule has 7 rings (SSSR count). The molecular formula is C25H22N2O4. The zero-order valence-corrected chi connectivity index (χ0v) is 16.8. The maximum absolute atomic E-state index is 13.0. The highest BCUT2D eigenvalue weighted by atomic mass is 16.5. The Balaban J connectivity index is 1.10. The lowest BCUT2D eigenvalue weighted by atomic mass is 9.63. The lowest BCUT2D eigenvalue weighted by molar-refractivity contribution is -0.142. The third-order valence-corrected chi connectivity index (χ3v) is 7.17. The summed E-state index contributed by atoms with van der Waals surface area (Å²) in [5, 5.41) is 2.78. The number of hydrogen-bond donors (Lipinski definition) is 1. The Labute approximate surface area is 179 Å². The number of hydrogen-bond acceptors (Lipinski definition) is 4. The second kappa shape index (κ2) is 6.80. The van der Waals surface area contributed by atoms with E-state index in [1.54, 1.807) is 24.3 Å². The van der Waals surface area contributed by atoms with E-state index in [4.69, 9.17) is 4.74 Å². The molecule has 0 unspecified atom stereocenters. The van der Waals surface area contributed by atoms with Crippen LogP contribution in [0.4, 0.5) is 5.69 Å². The van der Waals surface area contributed by atoms with Crippen LogP contribution in [0.5, 0.6) is 11.5 Å². The summed E-state index contributed by atoms with van der Waals surface area (Å²) in [6.45, 7) is -0.234. The average molecular weight is 414 g/mol. The zero-order valence-electron chi connectivity index (χ0n) is 16.8. The highest BCUT2D eigenvalue weighted by Gasteiger charge is 2.67. The first-order valence-corrected chi connectivity index (χ1v) is 10.8. The minimum atomic E-state index is -0.373. The van der Waals surface area contributed by atoms with Crippen molar-refractivity contribution in [2.75, 3.05) is 11.9 Å². The van der Waals surface area contributed by atoms with Crippen molar-refractivity contribution in [3.05, 3.63) is 66.7 Å². The molecule has 6 heteroatoms. The predicted octanol–water partition coefficient (Wildman–Crippen LogP) is 3.47. The van der Waals surface area contributed by atoms with Gasteiger partial charge in [0.05, 0.1) is 11.8 Å². The van der Waals surface area contributed by atoms with Crippen LogP contribution in [-0.2, 0) is 14.4 Å². The monoisotopic (exact) mass is 414 g/mol. The Morgan fingerprint density at radius 2 is 1.45 bits per heavy atom. The molecule has 3 fully saturated rings. The topological polar surface area (TPSA) is 75.7 Å². The van der Waals surface area contributed by atoms with Crippen LogP contribution in [0.1, 0.15) is 6.42 Å². The Hall–Kier alpha value is -3.41. The Morgan fingerprint density at radius 1 is 0.871 bits per heavy atom. The van der Waals surface area contributed by atoms with Crippen molar-refractivity contribution in [2.24, 2.45) is 35.5 Å². The third kappa shape index (κ3) is 2.97. The van der Waals surface area contributed by atoms with Gasteiger partial charge in [-0.1, -0.05) is 30.4 Å². The van der Waals surface area contributed by atoms with Crippen molar-refractivity contribution < 1.29 is 19.1 Å². The number of ether oxygens (including phenoxy) is 1. The van der Waals surface area contributed by atoms with Crippen LogP contribution in [-0.4, -0.2) is 29.2 Å². The van der Waals surface area contributed by atoms with E-state index in [2.05, 4.69) is 17.5 Å². The SMILES string of the molecule is O=C(CN1C(=O)[C@@H]2[C@@H]3C=C[C@H]([C@H]4C[C@H]34)[C@@H]2C1=O)Nc1ccc(Oc2ccccc2)cc1. The zero-order chi connectivity index (χ0) is 21.1. The number of likely N-dealkylation sites (tertiary alicyclic amines) is 1. The van der Waals surface area contributed by atoms with Gasteiger partial charge in [-0.05, 0) is 66.5 Å². The second-order valence-corrected chi connectivity index (χ2v) is 8.90. The fraction of sp³-hybridized carbons (Fsp3) is 0.320. The van der Waals surface area contributed by atoms with Crippen molar-refractivity contribution in [1.82, 2.24) is 4.90 Å². The highest BCUT2D eigenvalue weighted by molar-refractivity contribution is 6.09. The van der Waals surface area contributed by atoms with E-state index in [0.717, 1.165) is 12.2 Å². The standard InChI is InChI=1S/C25H22N2O4/c28-21(26-14-6-8-16(9-7-14)31-15-4-2-1-3-5-15)13-27-24(29)22-17-10-11-18(20-12-19(17)20)23(22)25(27)30/h1-11,17-20,22-23H,12-13H2,(H,26,28)/t17-,18-,19-,20-,22-,23+/m1/s1. The molecule has 0 aromatic heterocycles. The van der Waals surface area contributed by atoms with Crippen molar-refractivity contribution in [3.8, 4) is 11.5 Å². The van der Waals surface area contributed by atoms with Crippen LogP contribution in [0.2, 0.25) is 0 Å². The number of carbonyl (C=O) groups excluding carboxylic acids is 3. The molecule has 2 bridgehead atoms. The molecule has 5 aliphatic rings. The number of amides is 3. The first kappa shape index (κ1) is 18.4. The molecule has 0 spiro atoms. The number of nitrogens with zero attached hydrogens (tertiary/aromatic N) is 1. The maximum Gasteiger partial charge on any atom is 0.244 e. The first-order valence-electron chi connectivity index (χ1n) is 10.8. The summed E-state index contributed by atoms with van der Waals surface area (Å²) in [5.74, 6) is 1.56. The molecule has 156 valence electrons. The van der Waals surface area contributed by atoms with Crippen LogP contribution in [0, 0.1) is 35.5 Å². The highest BCUT2D eigenvalue weighted by Crippen LogP contribution is 2.65. The minimum Gasteiger partial charge on any atom is -0.457 e. The van der Waals surface area contributed by atoms with Crippen molar-refractivity contribution in [1.29, 1.82) is 0 Å². The minimum absolute atomic E-state index is 0.168. The van der Waals surface area contributed by atoms with E-state index in [1.807, 2.05) is 30.3 Å². The van der Waals surface area contributed by atoms with E-state index in [-0.39, 0.29) is 47.9 Å². The molecule has 3 amide bonds. The summed E-state index contributed by atoms with van der Waals surface area (Å²) in [6.07, 6.45) is 5.39. The van der Waals surface area contributed by atoms with Gasteiger partial charge in [0.1, 0.15) is 18.0 Å². The number of carbonyl (C=O) groups is 3. The predicted molar refractivity (Wildman–Crippen MR) is 113 cm³/mol. The number of rotatable bonds is 5. The lowest BCUT2D eigenvalue weighted by Gasteiger charge is -2.37. The van der Waals surface area contributed by atoms with Gasteiger partial charge in [0.2, 0.25) is 17.7 Å². The molecule has 1 N–H and O–H groups in total. The molecule has 31 heavy (non-hydrogen) atoms. The Morgan fingerprint density at radius 3 is 2.06 bits per heavy atom. The van der Waals surface area contributed by atoms with Gasteiger partial charge < -0.3 is 10.1 Å². The molecule has 1 heterocycles. The van der Waals surface area contributed by atoms with Gasteiger partial charge in [-0.3, -0.25) is 19.3 Å². The van der Waals surface area contributed by atoms with Crippen molar-refractivity contribution in [2.45, 2.75) is 6.42 Å². The van der Waals surface area contributed by atoms with E-state index in [0.29, 0.717) is 23.3 Å². The number of para-hydroxylation sites is 1. The molecule has 2 aromatic carbocycles. The molecular weight excluding hydrogens is 392 g/mol. The summed E-state index contributed by atoms with van der Waals surface area (Å²) in [4.78, 5) is 39.7. The van der Waals surface area contributed by atoms with Gasteiger partial charge in [-0.25, -0.2) is 0 Å². The van der Waals surface area contributed by atoms with Crippen LogP contribution in [0.25, 0.3) is 0 Å². The molecule has 0 radical (unpaired) electrons. The summed E-state index contributed by atoms with van der Waals surface area (Å²) in [5.41, 5.74) is 0.588. The quantitative estimate of drug-likeness (QED) is 0.601. The molecule has 6 atom stereocenters. The van der Waals surface area contributed by atoms with Crippen LogP contribution < -0.4 is 10.1 Å². The van der Waals surface area contributed by atoms with E-state index >= 15 is 0 Å². The largest absolute Gasteiger partial charge is 0.457 e. The average Bonchev–Trinajstić information content (AvgIpc) is 3.57. The Bertz CT molecular complexity index is 1060. The van der Waals surface area contributed by atoms with E-state index < -0.39 is 0 Å². The number of anilines is 1. The molecule has 4 aliphatic carbocycles. The van der Waals surface area contributed by atoms with Gasteiger partial charge in [0.15, 0.2) is 0 Å². The van der Waals surface area contributed by atoms with Gasteiger partial charge in [0, 0.05) is 5.69 Å². The van der Waals surface area contributed by atoms with E-state index in [9.17, 15) is 14.4 Å². The fourth-order valence-electron chi connectivity index (χ4n) is 5.75. The number of imide groups is 1. The van der Waals surface area contributed by atoms with Crippen LogP contribution in [0.15, 0.2) is 66.7 Å². The van der Waals surface area contributed by atoms with Gasteiger partial charge in [-0.15, -0.1) is 0 Å². The summed E-state index contributed by atoms with van der Waals surface area (Å²) in [6, 6.07) is 16.4. The number of allylic oxidation sites excluding steroid dienone is 2. The van der Waals surface area contributed by atoms with Gasteiger partial charge in [0.25, 0.3) is 0 Å². The van der Waals surface area contributed by atoms with Crippen LogP contribution in [0.3, 0.4) is 0 Å². The third-order valence-electron chi connectivity index (χ3n) is 7.17. The summed E-state index contributed by atoms with van der Waals surface area (Å²) >= 11 is 0. The second-order valence-electron chi connectivity index (χ2n) is 8.90. The normalized spacial score (nSPS) is 31.9. The lowest BCUT2D eigenvalue weighted by Crippen LogP contribution is -2.40. The molecule has 1 saturated heterocycles.